The van der Waals surface area contributed by atoms with Crippen LogP contribution in [0.25, 0.3) is 0 Å². The number of carbonyl (C=O) groups excluding carboxylic acids is 1. The Morgan fingerprint density at radius 3 is 2.67 bits per heavy atom. The van der Waals surface area contributed by atoms with Gasteiger partial charge in [0.25, 0.3) is 0 Å². The fourth-order valence-electron chi connectivity index (χ4n) is 2.65. The molecule has 1 heterocycles. The maximum absolute atomic E-state index is 13.7. The quantitative estimate of drug-likeness (QED) is 0.741. The summed E-state index contributed by atoms with van der Waals surface area (Å²) in [6, 6.07) is 6.62. The molecule has 1 saturated heterocycles. The monoisotopic (exact) mass is 349 g/mol. The van der Waals surface area contributed by atoms with Gasteiger partial charge >= 0.3 is 0 Å². The van der Waals surface area contributed by atoms with Crippen LogP contribution in [0.5, 0.6) is 0 Å². The number of thioether (sulfide) groups is 1. The van der Waals surface area contributed by atoms with Gasteiger partial charge in [0.2, 0.25) is 5.91 Å². The molecule has 0 unspecified atom stereocenters. The van der Waals surface area contributed by atoms with Crippen molar-refractivity contribution in [1.29, 1.82) is 5.26 Å². The van der Waals surface area contributed by atoms with Gasteiger partial charge in [-0.15, -0.1) is 0 Å². The Morgan fingerprint density at radius 2 is 2.04 bits per heavy atom. The minimum atomic E-state index is -0.491. The van der Waals surface area contributed by atoms with Gasteiger partial charge in [0.1, 0.15) is 17.4 Å². The Morgan fingerprint density at radius 1 is 1.33 bits per heavy atom. The number of nitrogens with zero attached hydrogens (tertiary/aromatic N) is 3. The predicted molar refractivity (Wildman–Crippen MR) is 96.7 cm³/mol. The van der Waals surface area contributed by atoms with E-state index in [0.717, 1.165) is 12.2 Å². The smallest absolute Gasteiger partial charge is 0.232 e. The molecule has 4 nitrogen and oxygen atoms in total. The Bertz CT molecular complexity index is 607. The van der Waals surface area contributed by atoms with Crippen LogP contribution in [0.3, 0.4) is 0 Å². The molecule has 0 atom stereocenters. The van der Waals surface area contributed by atoms with E-state index < -0.39 is 5.82 Å². The number of carbonyl (C=O) groups is 1. The fourth-order valence-corrected chi connectivity index (χ4v) is 3.79. The van der Waals surface area contributed by atoms with E-state index in [4.69, 9.17) is 5.26 Å². The lowest BCUT2D eigenvalue weighted by Gasteiger charge is -2.36. The third-order valence-electron chi connectivity index (χ3n) is 4.14. The number of anilines is 1. The molecule has 1 aliphatic heterocycles. The number of amides is 1. The fraction of sp³-hybridized carbons (Fsp3) is 0.556. The summed E-state index contributed by atoms with van der Waals surface area (Å²) in [4.78, 5) is 16.1. The lowest BCUT2D eigenvalue weighted by Crippen LogP contribution is -2.49. The summed E-state index contributed by atoms with van der Waals surface area (Å²) in [5.74, 6) is 1.88. The van der Waals surface area contributed by atoms with Gasteiger partial charge in [-0.1, -0.05) is 19.9 Å². The largest absolute Gasteiger partial charge is 0.367 e. The molecule has 130 valence electrons. The van der Waals surface area contributed by atoms with E-state index in [1.54, 1.807) is 23.9 Å². The molecule has 1 fully saturated rings. The normalized spacial score (nSPS) is 14.8. The topological polar surface area (TPSA) is 47.3 Å². The molecular weight excluding hydrogens is 325 g/mol. The molecule has 0 saturated carbocycles. The second kappa shape index (κ2) is 8.93. The van der Waals surface area contributed by atoms with Crippen LogP contribution in [0.4, 0.5) is 10.1 Å². The standard InChI is InChI=1S/C18H24FN3OS/c1-14(2)6-11-24-13-18(23)22-9-7-21(8-10-22)17-5-3-4-16(19)15(17)12-20/h3-5,14H,6-11,13H2,1-2H3. The number of hydrogen-bond donors (Lipinski definition) is 0. The number of hydrogen-bond acceptors (Lipinski definition) is 4. The Hall–Kier alpha value is -1.74. The van der Waals surface area contributed by atoms with Crippen molar-refractivity contribution in [2.24, 2.45) is 5.92 Å². The zero-order valence-electron chi connectivity index (χ0n) is 14.3. The van der Waals surface area contributed by atoms with Crippen molar-refractivity contribution in [3.8, 4) is 6.07 Å². The molecule has 1 aromatic rings. The average Bonchev–Trinajstić information content (AvgIpc) is 2.58. The van der Waals surface area contributed by atoms with Crippen molar-refractivity contribution in [3.05, 3.63) is 29.6 Å². The van der Waals surface area contributed by atoms with Gasteiger partial charge in [-0.25, -0.2) is 4.39 Å². The maximum Gasteiger partial charge on any atom is 0.232 e. The van der Waals surface area contributed by atoms with E-state index in [1.165, 1.54) is 6.07 Å². The van der Waals surface area contributed by atoms with Crippen LogP contribution >= 0.6 is 11.8 Å². The first-order chi connectivity index (χ1) is 11.5. The molecule has 1 amide bonds. The maximum atomic E-state index is 13.7. The van der Waals surface area contributed by atoms with E-state index in [1.807, 2.05) is 15.9 Å². The van der Waals surface area contributed by atoms with Crippen LogP contribution in [-0.4, -0.2) is 48.5 Å². The predicted octanol–water partition coefficient (Wildman–Crippen LogP) is 3.13. The highest BCUT2D eigenvalue weighted by molar-refractivity contribution is 7.99. The van der Waals surface area contributed by atoms with Crippen LogP contribution < -0.4 is 4.90 Å². The highest BCUT2D eigenvalue weighted by Crippen LogP contribution is 2.23. The third-order valence-corrected chi connectivity index (χ3v) is 5.12. The molecule has 0 aliphatic carbocycles. The first kappa shape index (κ1) is 18.6. The second-order valence-electron chi connectivity index (χ2n) is 6.35. The van der Waals surface area contributed by atoms with Crippen molar-refractivity contribution in [2.75, 3.05) is 42.6 Å². The second-order valence-corrected chi connectivity index (χ2v) is 7.45. The van der Waals surface area contributed by atoms with Crippen molar-refractivity contribution in [3.63, 3.8) is 0 Å². The Kier molecular flexibility index (Phi) is 6.92. The van der Waals surface area contributed by atoms with Crippen LogP contribution in [-0.2, 0) is 4.79 Å². The number of rotatable bonds is 6. The summed E-state index contributed by atoms with van der Waals surface area (Å²) in [6.07, 6.45) is 1.13. The number of piperazine rings is 1. The minimum Gasteiger partial charge on any atom is -0.367 e. The van der Waals surface area contributed by atoms with Crippen molar-refractivity contribution < 1.29 is 9.18 Å². The van der Waals surface area contributed by atoms with Crippen LogP contribution in [0.1, 0.15) is 25.8 Å². The first-order valence-corrected chi connectivity index (χ1v) is 9.47. The Balaban J connectivity index is 1.84. The third kappa shape index (κ3) is 4.88. The SMILES string of the molecule is CC(C)CCSCC(=O)N1CCN(c2cccc(F)c2C#N)CC1. The summed E-state index contributed by atoms with van der Waals surface area (Å²) < 4.78 is 13.7. The Labute approximate surface area is 147 Å². The van der Waals surface area contributed by atoms with Gasteiger partial charge in [-0.2, -0.15) is 17.0 Å². The molecule has 1 aliphatic rings. The number of nitriles is 1. The van der Waals surface area contributed by atoms with Gasteiger partial charge in [-0.3, -0.25) is 4.79 Å². The van der Waals surface area contributed by atoms with Gasteiger partial charge in [-0.05, 0) is 30.2 Å². The zero-order valence-corrected chi connectivity index (χ0v) is 15.1. The minimum absolute atomic E-state index is 0.0847. The molecule has 2 rings (SSSR count). The summed E-state index contributed by atoms with van der Waals surface area (Å²) in [5, 5.41) is 9.15. The highest BCUT2D eigenvalue weighted by atomic mass is 32.2. The van der Waals surface area contributed by atoms with Gasteiger partial charge in [0, 0.05) is 26.2 Å². The summed E-state index contributed by atoms with van der Waals surface area (Å²) in [7, 11) is 0. The number of benzene rings is 1. The van der Waals surface area contributed by atoms with E-state index in [0.29, 0.717) is 43.5 Å². The molecule has 0 bridgehead atoms. The lowest BCUT2D eigenvalue weighted by molar-refractivity contribution is -0.128. The van der Waals surface area contributed by atoms with E-state index >= 15 is 0 Å². The molecule has 0 spiro atoms. The van der Waals surface area contributed by atoms with Crippen LogP contribution in [0, 0.1) is 23.1 Å². The molecule has 0 radical (unpaired) electrons. The zero-order chi connectivity index (χ0) is 17.5. The van der Waals surface area contributed by atoms with Gasteiger partial charge in [0.05, 0.1) is 11.4 Å². The van der Waals surface area contributed by atoms with E-state index in [2.05, 4.69) is 13.8 Å². The highest BCUT2D eigenvalue weighted by Gasteiger charge is 2.23. The molecule has 1 aromatic carbocycles. The van der Waals surface area contributed by atoms with Crippen molar-refractivity contribution in [1.82, 2.24) is 4.90 Å². The van der Waals surface area contributed by atoms with Crippen LogP contribution in [0.2, 0.25) is 0 Å². The van der Waals surface area contributed by atoms with E-state index in [9.17, 15) is 9.18 Å². The average molecular weight is 349 g/mol. The number of halogens is 1. The van der Waals surface area contributed by atoms with Gasteiger partial charge < -0.3 is 9.80 Å². The molecule has 0 N–H and O–H groups in total. The van der Waals surface area contributed by atoms with E-state index in [-0.39, 0.29) is 11.5 Å². The molecular formula is C18H24FN3OS. The summed E-state index contributed by atoms with van der Waals surface area (Å²) in [6.45, 7) is 6.85. The van der Waals surface area contributed by atoms with Crippen molar-refractivity contribution >= 4 is 23.4 Å². The van der Waals surface area contributed by atoms with Crippen LogP contribution in [0.15, 0.2) is 18.2 Å². The molecule has 24 heavy (non-hydrogen) atoms. The molecule has 0 aromatic heterocycles. The first-order valence-electron chi connectivity index (χ1n) is 8.32. The summed E-state index contributed by atoms with van der Waals surface area (Å²) >= 11 is 1.69. The molecule has 6 heteroatoms. The van der Waals surface area contributed by atoms with Gasteiger partial charge in [0.15, 0.2) is 0 Å². The lowest BCUT2D eigenvalue weighted by atomic mass is 10.1. The summed E-state index contributed by atoms with van der Waals surface area (Å²) in [5.41, 5.74) is 0.706. The van der Waals surface area contributed by atoms with Crippen molar-refractivity contribution in [2.45, 2.75) is 20.3 Å².